The van der Waals surface area contributed by atoms with E-state index in [0.29, 0.717) is 26.2 Å². The van der Waals surface area contributed by atoms with Crippen LogP contribution in [-0.2, 0) is 11.2 Å². The van der Waals surface area contributed by atoms with Gasteiger partial charge in [-0.15, -0.1) is 11.3 Å². The standard InChI is InChI=1S/C16H21N5O3S/c1-2-11-9-12-14(18-10-19-15(12)25-11)21-7-5-20(6-8-21)13(22)3-4-17-16(23)24/h9-10,17H,2-8H2,1H3,(H,23,24). The Labute approximate surface area is 149 Å². The first-order valence-electron chi connectivity index (χ1n) is 8.31. The minimum atomic E-state index is -1.10. The third kappa shape index (κ3) is 3.98. The number of nitrogens with zero attached hydrogens (tertiary/aromatic N) is 4. The number of carboxylic acid groups (broad SMARTS) is 1. The van der Waals surface area contributed by atoms with Crippen molar-refractivity contribution in [2.45, 2.75) is 19.8 Å². The molecule has 25 heavy (non-hydrogen) atoms. The van der Waals surface area contributed by atoms with Crippen molar-refractivity contribution >= 4 is 39.4 Å². The lowest BCUT2D eigenvalue weighted by Gasteiger charge is -2.35. The number of aryl methyl sites for hydroxylation is 1. The monoisotopic (exact) mass is 363 g/mol. The molecule has 134 valence electrons. The molecule has 2 aromatic heterocycles. The van der Waals surface area contributed by atoms with Crippen LogP contribution in [0.3, 0.4) is 0 Å². The SMILES string of the molecule is CCc1cc2c(N3CCN(C(=O)CCNC(=O)O)CC3)ncnc2s1. The number of aromatic nitrogens is 2. The summed E-state index contributed by atoms with van der Waals surface area (Å²) in [6, 6.07) is 2.16. The molecule has 2 N–H and O–H groups in total. The number of anilines is 1. The highest BCUT2D eigenvalue weighted by molar-refractivity contribution is 7.18. The number of carbonyl (C=O) groups is 2. The molecule has 0 saturated carbocycles. The zero-order valence-corrected chi connectivity index (χ0v) is 14.9. The molecule has 1 aliphatic rings. The second-order valence-corrected chi connectivity index (χ2v) is 6.95. The lowest BCUT2D eigenvalue weighted by atomic mass is 10.2. The van der Waals surface area contributed by atoms with E-state index in [1.807, 2.05) is 0 Å². The number of hydrogen-bond donors (Lipinski definition) is 2. The van der Waals surface area contributed by atoms with Gasteiger partial charge in [0.15, 0.2) is 0 Å². The van der Waals surface area contributed by atoms with Gasteiger partial charge in [0.2, 0.25) is 5.91 Å². The first kappa shape index (κ1) is 17.4. The van der Waals surface area contributed by atoms with Gasteiger partial charge < -0.3 is 20.2 Å². The lowest BCUT2D eigenvalue weighted by Crippen LogP contribution is -2.49. The molecule has 2 aromatic rings. The van der Waals surface area contributed by atoms with Gasteiger partial charge >= 0.3 is 6.09 Å². The Morgan fingerprint density at radius 1 is 1.28 bits per heavy atom. The molecular formula is C16H21N5O3S. The molecule has 2 amide bonds. The molecule has 9 heteroatoms. The lowest BCUT2D eigenvalue weighted by molar-refractivity contribution is -0.131. The highest BCUT2D eigenvalue weighted by atomic mass is 32.1. The van der Waals surface area contributed by atoms with Gasteiger partial charge in [-0.25, -0.2) is 14.8 Å². The number of amides is 2. The smallest absolute Gasteiger partial charge is 0.404 e. The van der Waals surface area contributed by atoms with Crippen molar-refractivity contribution < 1.29 is 14.7 Å². The Hall–Kier alpha value is -2.42. The van der Waals surface area contributed by atoms with Crippen LogP contribution in [0.25, 0.3) is 10.2 Å². The van der Waals surface area contributed by atoms with Gasteiger partial charge in [-0.1, -0.05) is 6.92 Å². The summed E-state index contributed by atoms with van der Waals surface area (Å²) in [7, 11) is 0. The number of hydrogen-bond acceptors (Lipinski definition) is 6. The second kappa shape index (κ2) is 7.64. The van der Waals surface area contributed by atoms with Crippen molar-refractivity contribution in [3.8, 4) is 0 Å². The van der Waals surface area contributed by atoms with E-state index in [1.165, 1.54) is 4.88 Å². The maximum atomic E-state index is 12.1. The number of thiophene rings is 1. The summed E-state index contributed by atoms with van der Waals surface area (Å²) in [5.41, 5.74) is 0. The maximum absolute atomic E-state index is 12.1. The van der Waals surface area contributed by atoms with Gasteiger partial charge in [-0.05, 0) is 12.5 Å². The molecular weight excluding hydrogens is 342 g/mol. The van der Waals surface area contributed by atoms with Gasteiger partial charge in [-0.2, -0.15) is 0 Å². The summed E-state index contributed by atoms with van der Waals surface area (Å²) < 4.78 is 0. The van der Waals surface area contributed by atoms with Crippen LogP contribution >= 0.6 is 11.3 Å². The van der Waals surface area contributed by atoms with E-state index in [4.69, 9.17) is 5.11 Å². The summed E-state index contributed by atoms with van der Waals surface area (Å²) in [6.45, 7) is 4.92. The average molecular weight is 363 g/mol. The molecule has 3 heterocycles. The van der Waals surface area contributed by atoms with Crippen LogP contribution in [0.4, 0.5) is 10.6 Å². The Kier molecular flexibility index (Phi) is 5.32. The van der Waals surface area contributed by atoms with Crippen LogP contribution in [0.5, 0.6) is 0 Å². The third-order valence-corrected chi connectivity index (χ3v) is 5.44. The third-order valence-electron chi connectivity index (χ3n) is 4.25. The van der Waals surface area contributed by atoms with Crippen LogP contribution in [0.2, 0.25) is 0 Å². The predicted octanol–water partition coefficient (Wildman–Crippen LogP) is 1.56. The van der Waals surface area contributed by atoms with Gasteiger partial charge in [0.05, 0.1) is 5.39 Å². The fourth-order valence-electron chi connectivity index (χ4n) is 2.92. The Balaban J connectivity index is 1.62. The molecule has 0 unspecified atom stereocenters. The molecule has 1 saturated heterocycles. The van der Waals surface area contributed by atoms with E-state index >= 15 is 0 Å². The summed E-state index contributed by atoms with van der Waals surface area (Å²) in [5, 5.41) is 11.8. The van der Waals surface area contributed by atoms with E-state index in [-0.39, 0.29) is 18.9 Å². The summed E-state index contributed by atoms with van der Waals surface area (Å²) in [6.07, 6.45) is 1.66. The number of nitrogens with one attached hydrogen (secondary N) is 1. The van der Waals surface area contributed by atoms with Crippen LogP contribution in [0, 0.1) is 0 Å². The maximum Gasteiger partial charge on any atom is 0.404 e. The van der Waals surface area contributed by atoms with Crippen molar-refractivity contribution in [2.75, 3.05) is 37.6 Å². The zero-order chi connectivity index (χ0) is 17.8. The summed E-state index contributed by atoms with van der Waals surface area (Å²) >= 11 is 1.70. The fourth-order valence-corrected chi connectivity index (χ4v) is 3.85. The average Bonchev–Trinajstić information content (AvgIpc) is 3.05. The van der Waals surface area contributed by atoms with Crippen molar-refractivity contribution in [3.05, 3.63) is 17.3 Å². The van der Waals surface area contributed by atoms with Gasteiger partial charge in [0.1, 0.15) is 17.0 Å². The molecule has 0 aromatic carbocycles. The Bertz CT molecular complexity index is 770. The molecule has 0 spiro atoms. The van der Waals surface area contributed by atoms with E-state index < -0.39 is 6.09 Å². The van der Waals surface area contributed by atoms with Gasteiger partial charge in [-0.3, -0.25) is 4.79 Å². The minimum Gasteiger partial charge on any atom is -0.465 e. The second-order valence-electron chi connectivity index (χ2n) is 5.83. The molecule has 0 aliphatic carbocycles. The van der Waals surface area contributed by atoms with Crippen LogP contribution in [0.1, 0.15) is 18.2 Å². The summed E-state index contributed by atoms with van der Waals surface area (Å²) in [5.74, 6) is 0.908. The van der Waals surface area contributed by atoms with Crippen molar-refractivity contribution in [1.82, 2.24) is 20.2 Å². The van der Waals surface area contributed by atoms with E-state index in [2.05, 4.69) is 33.2 Å². The molecule has 0 atom stereocenters. The van der Waals surface area contributed by atoms with Crippen LogP contribution in [0.15, 0.2) is 12.4 Å². The van der Waals surface area contributed by atoms with Gasteiger partial charge in [0, 0.05) is 44.0 Å². The minimum absolute atomic E-state index is 0.0231. The molecule has 1 aliphatic heterocycles. The first-order chi connectivity index (χ1) is 12.1. The van der Waals surface area contributed by atoms with Gasteiger partial charge in [0.25, 0.3) is 0 Å². The molecule has 1 fully saturated rings. The van der Waals surface area contributed by atoms with Crippen molar-refractivity contribution in [1.29, 1.82) is 0 Å². The summed E-state index contributed by atoms with van der Waals surface area (Å²) in [4.78, 5) is 37.6. The van der Waals surface area contributed by atoms with Crippen LogP contribution in [-0.4, -0.2) is 64.7 Å². The molecule has 3 rings (SSSR count). The highest BCUT2D eigenvalue weighted by Gasteiger charge is 2.23. The van der Waals surface area contributed by atoms with Crippen molar-refractivity contribution in [2.24, 2.45) is 0 Å². The largest absolute Gasteiger partial charge is 0.465 e. The first-order valence-corrected chi connectivity index (χ1v) is 9.13. The number of piperazine rings is 1. The number of rotatable bonds is 5. The zero-order valence-electron chi connectivity index (χ0n) is 14.1. The number of fused-ring (bicyclic) bond motifs is 1. The fraction of sp³-hybridized carbons (Fsp3) is 0.500. The number of carbonyl (C=O) groups excluding carboxylic acids is 1. The highest BCUT2D eigenvalue weighted by Crippen LogP contribution is 2.30. The van der Waals surface area contributed by atoms with E-state index in [9.17, 15) is 9.59 Å². The quantitative estimate of drug-likeness (QED) is 0.836. The molecule has 0 radical (unpaired) electrons. The van der Waals surface area contributed by atoms with Crippen LogP contribution < -0.4 is 10.2 Å². The Morgan fingerprint density at radius 2 is 2.04 bits per heavy atom. The molecule has 0 bridgehead atoms. The van der Waals surface area contributed by atoms with Crippen molar-refractivity contribution in [3.63, 3.8) is 0 Å². The van der Waals surface area contributed by atoms with E-state index in [1.54, 1.807) is 22.6 Å². The molecule has 8 nitrogen and oxygen atoms in total. The van der Waals surface area contributed by atoms with E-state index in [0.717, 1.165) is 22.5 Å². The Morgan fingerprint density at radius 3 is 2.72 bits per heavy atom. The topological polar surface area (TPSA) is 98.7 Å². The normalized spacial score (nSPS) is 14.8. The predicted molar refractivity (Wildman–Crippen MR) is 96.2 cm³/mol.